The van der Waals surface area contributed by atoms with Gasteiger partial charge >= 0.3 is 0 Å². The topological polar surface area (TPSA) is 16.8 Å². The first-order valence-electron chi connectivity index (χ1n) is 10.7. The summed E-state index contributed by atoms with van der Waals surface area (Å²) in [5.74, 6) is 0. The summed E-state index contributed by atoms with van der Waals surface area (Å²) in [6.07, 6.45) is 1.69. The molecule has 4 aromatic rings. The van der Waals surface area contributed by atoms with Gasteiger partial charge in [-0.1, -0.05) is 44.1 Å². The van der Waals surface area contributed by atoms with Crippen molar-refractivity contribution in [1.82, 2.24) is 4.98 Å². The monoisotopic (exact) mass is 354 g/mol. The molecule has 2 heteroatoms. The number of nitrogens with zero attached hydrogens (tertiary/aromatic N) is 2. The zero-order chi connectivity index (χ0) is 21.3. The molecule has 0 spiro atoms. The quantitative estimate of drug-likeness (QED) is 0.422. The molecular weight excluding hydrogens is 328 g/mol. The number of hydrogen-bond donors (Lipinski definition) is 0. The number of para-hydroxylation sites is 1. The van der Waals surface area contributed by atoms with Crippen molar-refractivity contribution < 1.29 is 8.68 Å². The molecule has 0 saturated carbocycles. The van der Waals surface area contributed by atoms with Gasteiger partial charge in [0.2, 0.25) is 11.2 Å². The Balaban J connectivity index is 1.92. The Morgan fingerprint density at radius 2 is 1.81 bits per heavy atom. The number of benzene rings is 2. The van der Waals surface area contributed by atoms with Crippen LogP contribution in [0.3, 0.4) is 0 Å². The lowest BCUT2D eigenvalue weighted by molar-refractivity contribution is -0.633. The van der Waals surface area contributed by atoms with Crippen LogP contribution in [0.4, 0.5) is 0 Å². The van der Waals surface area contributed by atoms with E-state index < -0.39 is 12.3 Å². The Kier molecular flexibility index (Phi) is 2.69. The van der Waals surface area contributed by atoms with Crippen LogP contribution in [0.15, 0.2) is 66.9 Å². The van der Waals surface area contributed by atoms with Gasteiger partial charge < -0.3 is 0 Å². The lowest BCUT2D eigenvalue weighted by Gasteiger charge is -2.23. The maximum absolute atomic E-state index is 8.49. The lowest BCUT2D eigenvalue weighted by Crippen LogP contribution is -2.33. The first kappa shape index (κ1) is 13.2. The number of rotatable bonds is 1. The molecule has 0 aliphatic heterocycles. The molecule has 0 N–H and O–H groups in total. The Morgan fingerprint density at radius 1 is 0.963 bits per heavy atom. The summed E-state index contributed by atoms with van der Waals surface area (Å²) >= 11 is 0. The van der Waals surface area contributed by atoms with Crippen molar-refractivity contribution in [2.45, 2.75) is 26.1 Å². The van der Waals surface area contributed by atoms with Crippen LogP contribution in [0.1, 0.15) is 34.7 Å². The van der Waals surface area contributed by atoms with Crippen LogP contribution in [-0.2, 0) is 12.5 Å². The molecule has 1 aliphatic rings. The molecule has 1 unspecified atom stereocenters. The predicted octanol–water partition coefficient (Wildman–Crippen LogP) is 5.34. The third-order valence-electron chi connectivity index (χ3n) is 5.82. The minimum Gasteiger partial charge on any atom is -0.260 e. The van der Waals surface area contributed by atoms with E-state index in [0.717, 1.165) is 44.4 Å². The van der Waals surface area contributed by atoms with Crippen molar-refractivity contribution in [2.75, 3.05) is 0 Å². The molecule has 0 fully saturated rings. The summed E-state index contributed by atoms with van der Waals surface area (Å²) in [6.45, 7) is 1.64. The molecule has 2 nitrogen and oxygen atoms in total. The Labute approximate surface area is 164 Å². The van der Waals surface area contributed by atoms with Gasteiger partial charge in [-0.05, 0) is 41.8 Å². The van der Waals surface area contributed by atoms with Crippen molar-refractivity contribution in [2.24, 2.45) is 7.05 Å². The highest BCUT2D eigenvalue weighted by Gasteiger charge is 2.40. The lowest BCUT2D eigenvalue weighted by atomic mass is 9.80. The third kappa shape index (κ3) is 2.13. The van der Waals surface area contributed by atoms with E-state index in [-0.39, 0.29) is 0 Å². The van der Waals surface area contributed by atoms with E-state index in [2.05, 4.69) is 46.8 Å². The van der Waals surface area contributed by atoms with Gasteiger partial charge in [0.05, 0.1) is 11.3 Å². The number of pyridine rings is 2. The summed E-state index contributed by atoms with van der Waals surface area (Å²) < 4.78 is 27.6. The second kappa shape index (κ2) is 5.50. The van der Waals surface area contributed by atoms with E-state index >= 15 is 0 Å². The molecule has 27 heavy (non-hydrogen) atoms. The summed E-state index contributed by atoms with van der Waals surface area (Å²) in [4.78, 5) is 4.56. The molecule has 0 bridgehead atoms. The molecular formula is C25H23N2+. The molecule has 0 radical (unpaired) electrons. The van der Waals surface area contributed by atoms with Gasteiger partial charge in [0.25, 0.3) is 0 Å². The van der Waals surface area contributed by atoms with E-state index in [4.69, 9.17) is 4.11 Å². The fourth-order valence-corrected chi connectivity index (χ4v) is 4.52. The minimum atomic E-state index is -2.24. The molecule has 0 amide bonds. The fourth-order valence-electron chi connectivity index (χ4n) is 4.52. The van der Waals surface area contributed by atoms with Crippen LogP contribution in [-0.4, -0.2) is 4.98 Å². The largest absolute Gasteiger partial charge is 0.260 e. The minimum absolute atomic E-state index is 0.635. The average molecular weight is 354 g/mol. The van der Waals surface area contributed by atoms with Gasteiger partial charge in [0, 0.05) is 38.8 Å². The highest BCUT2D eigenvalue weighted by molar-refractivity contribution is 5.88. The van der Waals surface area contributed by atoms with E-state index in [9.17, 15) is 0 Å². The SMILES string of the molecule is [2H]C([2H])([2H])C1(C)c2ncccc2-c2ccc(C)c(-c3ccc4ccccc4[n+]3C)c21. The maximum atomic E-state index is 8.49. The predicted molar refractivity (Wildman–Crippen MR) is 111 cm³/mol. The number of hydrogen-bond acceptors (Lipinski definition) is 1. The molecule has 132 valence electrons. The standard InChI is InChI=1S/C25H23N2/c1-16-11-13-18-19-9-7-15-26-24(19)25(2,3)23(18)22(16)21-14-12-17-8-5-6-10-20(17)27(21)4/h5-15H,1-4H3/q+1/i2D3. The van der Waals surface area contributed by atoms with Crippen molar-refractivity contribution >= 4 is 10.9 Å². The van der Waals surface area contributed by atoms with Gasteiger partial charge in [0.15, 0.2) is 0 Å². The van der Waals surface area contributed by atoms with Crippen LogP contribution < -0.4 is 4.57 Å². The van der Waals surface area contributed by atoms with Gasteiger partial charge in [-0.3, -0.25) is 4.98 Å². The van der Waals surface area contributed by atoms with Gasteiger partial charge in [-0.2, -0.15) is 4.57 Å². The molecule has 2 heterocycles. The van der Waals surface area contributed by atoms with Crippen LogP contribution in [0.2, 0.25) is 0 Å². The Morgan fingerprint density at radius 3 is 2.67 bits per heavy atom. The maximum Gasteiger partial charge on any atom is 0.213 e. The normalized spacial score (nSPS) is 19.9. The molecule has 1 aliphatic carbocycles. The second-order valence-electron chi connectivity index (χ2n) is 7.54. The molecule has 2 aromatic carbocycles. The first-order chi connectivity index (χ1) is 14.2. The first-order valence-corrected chi connectivity index (χ1v) is 9.23. The highest BCUT2D eigenvalue weighted by Crippen LogP contribution is 2.51. The molecule has 5 rings (SSSR count). The van der Waals surface area contributed by atoms with Crippen LogP contribution in [0, 0.1) is 6.92 Å². The fraction of sp³-hybridized carbons (Fsp3) is 0.200. The van der Waals surface area contributed by atoms with Crippen LogP contribution >= 0.6 is 0 Å². The van der Waals surface area contributed by atoms with Crippen molar-refractivity contribution in [3.05, 3.63) is 83.7 Å². The number of aryl methyl sites for hydroxylation is 2. The van der Waals surface area contributed by atoms with E-state index in [0.29, 0.717) is 5.69 Å². The number of aromatic nitrogens is 2. The Hall–Kier alpha value is -3.00. The summed E-state index contributed by atoms with van der Waals surface area (Å²) in [5.41, 5.74) is 6.33. The van der Waals surface area contributed by atoms with Crippen LogP contribution in [0.25, 0.3) is 33.3 Å². The summed E-state index contributed by atoms with van der Waals surface area (Å²) in [6, 6.07) is 20.4. The highest BCUT2D eigenvalue weighted by atomic mass is 14.9. The van der Waals surface area contributed by atoms with Crippen LogP contribution in [0.5, 0.6) is 0 Å². The van der Waals surface area contributed by atoms with E-state index in [1.165, 1.54) is 0 Å². The van der Waals surface area contributed by atoms with E-state index in [1.54, 1.807) is 6.20 Å². The van der Waals surface area contributed by atoms with Gasteiger partial charge in [-0.15, -0.1) is 0 Å². The third-order valence-corrected chi connectivity index (χ3v) is 5.82. The molecule has 1 atom stereocenters. The average Bonchev–Trinajstić information content (AvgIpc) is 2.99. The zero-order valence-corrected chi connectivity index (χ0v) is 15.7. The van der Waals surface area contributed by atoms with Crippen molar-refractivity contribution in [3.63, 3.8) is 0 Å². The van der Waals surface area contributed by atoms with Crippen molar-refractivity contribution in [3.8, 4) is 22.4 Å². The zero-order valence-electron chi connectivity index (χ0n) is 18.7. The molecule has 2 aromatic heterocycles. The van der Waals surface area contributed by atoms with E-state index in [1.807, 2.05) is 44.3 Å². The van der Waals surface area contributed by atoms with Gasteiger partial charge in [0.1, 0.15) is 7.05 Å². The number of fused-ring (bicyclic) bond motifs is 4. The Bertz CT molecular complexity index is 1320. The van der Waals surface area contributed by atoms with Crippen molar-refractivity contribution in [1.29, 1.82) is 0 Å². The van der Waals surface area contributed by atoms with Gasteiger partial charge in [-0.25, -0.2) is 0 Å². The molecule has 0 saturated heterocycles. The smallest absolute Gasteiger partial charge is 0.213 e. The summed E-state index contributed by atoms with van der Waals surface area (Å²) in [5, 5.41) is 1.15. The summed E-state index contributed by atoms with van der Waals surface area (Å²) in [7, 11) is 2.05. The second-order valence-corrected chi connectivity index (χ2v) is 7.54.